The van der Waals surface area contributed by atoms with Gasteiger partial charge in [-0.05, 0) is 0 Å². The van der Waals surface area contributed by atoms with Crippen LogP contribution in [0.3, 0.4) is 0 Å². The van der Waals surface area contributed by atoms with Crippen LogP contribution in [-0.2, 0) is 6.42 Å². The molecule has 0 bridgehead atoms. The maximum atomic E-state index is 12.1. The van der Waals surface area contributed by atoms with Crippen molar-refractivity contribution in [2.24, 2.45) is 5.73 Å². The minimum atomic E-state index is -4.39. The van der Waals surface area contributed by atoms with Gasteiger partial charge in [-0.25, -0.2) is 15.0 Å². The number of amides is 1. The van der Waals surface area contributed by atoms with Crippen molar-refractivity contribution in [3.8, 4) is 0 Å². The number of halogens is 3. The van der Waals surface area contributed by atoms with Crippen LogP contribution < -0.4 is 5.73 Å². The van der Waals surface area contributed by atoms with Crippen molar-refractivity contribution in [1.29, 1.82) is 0 Å². The number of aromatic nitrogens is 4. The smallest absolute Gasteiger partial charge is 0.363 e. The van der Waals surface area contributed by atoms with Crippen LogP contribution >= 0.6 is 0 Å². The summed E-state index contributed by atoms with van der Waals surface area (Å²) in [5.41, 5.74) is 5.19. The zero-order valence-corrected chi connectivity index (χ0v) is 8.25. The standard InChI is InChI=1S/C8H6F3N5O/c9-8(10,11)1-4-13-2-3-6(15-4)16-7(14-3)5(12)17/h2H,1H2,(H2,12,17)(H,13,14,15,16). The molecule has 2 heterocycles. The number of nitrogens with two attached hydrogens (primary N) is 1. The number of fused-ring (bicyclic) bond motifs is 1. The van der Waals surface area contributed by atoms with Gasteiger partial charge in [-0.2, -0.15) is 13.2 Å². The second-order valence-corrected chi connectivity index (χ2v) is 3.27. The van der Waals surface area contributed by atoms with Crippen LogP contribution in [0, 0.1) is 0 Å². The number of nitrogens with one attached hydrogen (secondary N) is 1. The quantitative estimate of drug-likeness (QED) is 0.807. The lowest BCUT2D eigenvalue weighted by Gasteiger charge is -2.03. The molecule has 0 spiro atoms. The summed E-state index contributed by atoms with van der Waals surface area (Å²) in [6, 6.07) is 0. The fourth-order valence-corrected chi connectivity index (χ4v) is 1.22. The van der Waals surface area contributed by atoms with Crippen LogP contribution in [0.2, 0.25) is 0 Å². The second kappa shape index (κ2) is 3.68. The van der Waals surface area contributed by atoms with Crippen LogP contribution in [0.4, 0.5) is 13.2 Å². The Morgan fingerprint density at radius 3 is 2.71 bits per heavy atom. The number of aromatic amines is 1. The minimum Gasteiger partial charge on any atom is -0.363 e. The number of imidazole rings is 1. The molecule has 0 aliphatic carbocycles. The number of alkyl halides is 3. The molecule has 2 aromatic rings. The number of hydrogen-bond donors (Lipinski definition) is 2. The maximum absolute atomic E-state index is 12.1. The average Bonchev–Trinajstić information content (AvgIpc) is 2.57. The third-order valence-electron chi connectivity index (χ3n) is 1.88. The highest BCUT2D eigenvalue weighted by Crippen LogP contribution is 2.19. The number of carbonyl (C=O) groups excluding carboxylic acids is 1. The second-order valence-electron chi connectivity index (χ2n) is 3.27. The lowest BCUT2D eigenvalue weighted by molar-refractivity contribution is -0.128. The van der Waals surface area contributed by atoms with E-state index in [1.807, 2.05) is 0 Å². The van der Waals surface area contributed by atoms with E-state index in [0.29, 0.717) is 0 Å². The lowest BCUT2D eigenvalue weighted by atomic mass is 10.4. The molecule has 1 amide bonds. The Labute approximate surface area is 92.1 Å². The predicted molar refractivity (Wildman–Crippen MR) is 50.0 cm³/mol. The molecule has 0 aromatic carbocycles. The van der Waals surface area contributed by atoms with Gasteiger partial charge in [-0.1, -0.05) is 0 Å². The van der Waals surface area contributed by atoms with E-state index in [4.69, 9.17) is 5.73 Å². The summed E-state index contributed by atoms with van der Waals surface area (Å²) >= 11 is 0. The molecular formula is C8H6F3N5O. The SMILES string of the molecule is NC(=O)c1nc2nc(CC(F)(F)F)ncc2[nH]1. The Kier molecular flexibility index (Phi) is 2.45. The highest BCUT2D eigenvalue weighted by molar-refractivity contribution is 5.92. The van der Waals surface area contributed by atoms with Gasteiger partial charge in [0.05, 0.1) is 6.20 Å². The van der Waals surface area contributed by atoms with E-state index in [2.05, 4.69) is 19.9 Å². The van der Waals surface area contributed by atoms with E-state index in [0.717, 1.165) is 6.20 Å². The van der Waals surface area contributed by atoms with E-state index in [1.165, 1.54) is 0 Å². The first-order valence-electron chi connectivity index (χ1n) is 4.43. The normalized spacial score (nSPS) is 11.9. The summed E-state index contributed by atoms with van der Waals surface area (Å²) in [6.07, 6.45) is -4.51. The van der Waals surface area contributed by atoms with Crippen LogP contribution in [0.1, 0.15) is 16.4 Å². The van der Waals surface area contributed by atoms with Gasteiger partial charge in [-0.3, -0.25) is 4.79 Å². The first-order chi connectivity index (χ1) is 7.85. The fourth-order valence-electron chi connectivity index (χ4n) is 1.22. The number of rotatable bonds is 2. The Hall–Kier alpha value is -2.19. The predicted octanol–water partition coefficient (Wildman–Crippen LogP) is 0.557. The minimum absolute atomic E-state index is 0.0203. The Morgan fingerprint density at radius 1 is 1.41 bits per heavy atom. The number of hydrogen-bond acceptors (Lipinski definition) is 4. The molecule has 0 aliphatic rings. The zero-order valence-electron chi connectivity index (χ0n) is 8.25. The molecule has 0 atom stereocenters. The van der Waals surface area contributed by atoms with Gasteiger partial charge in [0.25, 0.3) is 5.91 Å². The molecule has 6 nitrogen and oxygen atoms in total. The Morgan fingerprint density at radius 2 is 2.12 bits per heavy atom. The van der Waals surface area contributed by atoms with E-state index in [1.54, 1.807) is 0 Å². The third-order valence-corrected chi connectivity index (χ3v) is 1.88. The highest BCUT2D eigenvalue weighted by atomic mass is 19.4. The van der Waals surface area contributed by atoms with Crippen LogP contribution in [0.5, 0.6) is 0 Å². The Balaban J connectivity index is 2.40. The molecule has 17 heavy (non-hydrogen) atoms. The topological polar surface area (TPSA) is 97.6 Å². The summed E-state index contributed by atoms with van der Waals surface area (Å²) in [4.78, 5) is 24.0. The molecule has 0 aliphatic heterocycles. The van der Waals surface area contributed by atoms with Crippen molar-refractivity contribution in [2.75, 3.05) is 0 Å². The molecule has 9 heteroatoms. The van der Waals surface area contributed by atoms with Crippen molar-refractivity contribution in [2.45, 2.75) is 12.6 Å². The molecular weight excluding hydrogens is 239 g/mol. The van der Waals surface area contributed by atoms with E-state index < -0.39 is 24.3 Å². The van der Waals surface area contributed by atoms with Gasteiger partial charge >= 0.3 is 6.18 Å². The molecule has 3 N–H and O–H groups in total. The molecule has 0 unspecified atom stereocenters. The van der Waals surface area contributed by atoms with E-state index in [-0.39, 0.29) is 17.0 Å². The molecule has 2 aromatic heterocycles. The highest BCUT2D eigenvalue weighted by Gasteiger charge is 2.29. The number of primary amides is 1. The van der Waals surface area contributed by atoms with Gasteiger partial charge in [0.15, 0.2) is 11.5 Å². The molecule has 0 fully saturated rings. The molecule has 0 saturated carbocycles. The first-order valence-corrected chi connectivity index (χ1v) is 4.43. The lowest BCUT2D eigenvalue weighted by Crippen LogP contribution is -2.14. The maximum Gasteiger partial charge on any atom is 0.396 e. The molecule has 90 valence electrons. The summed E-state index contributed by atoms with van der Waals surface area (Å²) in [5, 5.41) is 0. The van der Waals surface area contributed by atoms with Crippen LogP contribution in [-0.4, -0.2) is 32.0 Å². The molecule has 2 rings (SSSR count). The van der Waals surface area contributed by atoms with E-state index >= 15 is 0 Å². The van der Waals surface area contributed by atoms with Gasteiger partial charge in [0.1, 0.15) is 17.8 Å². The number of carbonyl (C=O) groups is 1. The van der Waals surface area contributed by atoms with Crippen molar-refractivity contribution in [1.82, 2.24) is 19.9 Å². The van der Waals surface area contributed by atoms with E-state index in [9.17, 15) is 18.0 Å². The van der Waals surface area contributed by atoms with Gasteiger partial charge in [-0.15, -0.1) is 0 Å². The molecule has 0 saturated heterocycles. The number of H-pyrrole nitrogens is 1. The Bertz CT molecular complexity index is 576. The van der Waals surface area contributed by atoms with Crippen molar-refractivity contribution >= 4 is 17.1 Å². The fraction of sp³-hybridized carbons (Fsp3) is 0.250. The monoisotopic (exact) mass is 245 g/mol. The summed E-state index contributed by atoms with van der Waals surface area (Å²) in [7, 11) is 0. The average molecular weight is 245 g/mol. The van der Waals surface area contributed by atoms with Gasteiger partial charge in [0.2, 0.25) is 0 Å². The summed E-state index contributed by atoms with van der Waals surface area (Å²) in [5.74, 6) is -1.40. The van der Waals surface area contributed by atoms with Gasteiger partial charge < -0.3 is 10.7 Å². The largest absolute Gasteiger partial charge is 0.396 e. The number of nitrogens with zero attached hydrogens (tertiary/aromatic N) is 3. The van der Waals surface area contributed by atoms with Crippen LogP contribution in [0.25, 0.3) is 11.2 Å². The molecule has 0 radical (unpaired) electrons. The summed E-state index contributed by atoms with van der Waals surface area (Å²) < 4.78 is 36.3. The van der Waals surface area contributed by atoms with Crippen LogP contribution in [0.15, 0.2) is 6.20 Å². The summed E-state index contributed by atoms with van der Waals surface area (Å²) in [6.45, 7) is 0. The first kappa shape index (κ1) is 11.3. The van der Waals surface area contributed by atoms with Crippen molar-refractivity contribution in [3.63, 3.8) is 0 Å². The zero-order chi connectivity index (χ0) is 12.6. The van der Waals surface area contributed by atoms with Crippen molar-refractivity contribution in [3.05, 3.63) is 17.8 Å². The van der Waals surface area contributed by atoms with Crippen molar-refractivity contribution < 1.29 is 18.0 Å². The van der Waals surface area contributed by atoms with Gasteiger partial charge in [0, 0.05) is 0 Å². The third kappa shape index (κ3) is 2.49.